The highest BCUT2D eigenvalue weighted by molar-refractivity contribution is 9.10. The summed E-state index contributed by atoms with van der Waals surface area (Å²) >= 11 is 3.20. The monoisotopic (exact) mass is 331 g/mol. The van der Waals surface area contributed by atoms with E-state index < -0.39 is 13.2 Å². The first-order chi connectivity index (χ1) is 8.06. The van der Waals surface area contributed by atoms with Crippen molar-refractivity contribution < 1.29 is 9.35 Å². The summed E-state index contributed by atoms with van der Waals surface area (Å²) in [6.07, 6.45) is 0. The van der Waals surface area contributed by atoms with Gasteiger partial charge in [-0.25, -0.2) is 0 Å². The molecule has 0 radical (unpaired) electrons. The fraction of sp³-hybridized carbons (Fsp3) is 0.500. The van der Waals surface area contributed by atoms with Crippen molar-refractivity contribution in [3.8, 4) is 5.75 Å². The third-order valence-electron chi connectivity index (χ3n) is 3.30. The lowest BCUT2D eigenvalue weighted by Gasteiger charge is -2.36. The number of hydrogen-bond donors (Lipinski definition) is 0. The molecule has 0 fully saturated rings. The first kappa shape index (κ1) is 15.2. The molecular formula is C12H18BrNO3Si. The molecule has 1 rings (SSSR count). The lowest BCUT2D eigenvalue weighted by atomic mass is 10.2. The molecule has 18 heavy (non-hydrogen) atoms. The lowest BCUT2D eigenvalue weighted by Crippen LogP contribution is -2.44. The van der Waals surface area contributed by atoms with Crippen LogP contribution in [0.15, 0.2) is 22.7 Å². The number of nitrogens with zero attached hydrogens (tertiary/aromatic N) is 1. The van der Waals surface area contributed by atoms with Crippen LogP contribution in [0.3, 0.4) is 0 Å². The number of nitro groups is 1. The van der Waals surface area contributed by atoms with Crippen LogP contribution in [0.1, 0.15) is 20.8 Å². The van der Waals surface area contributed by atoms with Crippen molar-refractivity contribution in [2.45, 2.75) is 38.9 Å². The van der Waals surface area contributed by atoms with Gasteiger partial charge < -0.3 is 4.43 Å². The second kappa shape index (κ2) is 5.01. The maximum atomic E-state index is 11.1. The maximum absolute atomic E-state index is 11.1. The Kier molecular flexibility index (Phi) is 4.22. The zero-order valence-corrected chi connectivity index (χ0v) is 13.9. The normalized spacial score (nSPS) is 12.3. The van der Waals surface area contributed by atoms with E-state index in [0.717, 1.165) is 0 Å². The summed E-state index contributed by atoms with van der Waals surface area (Å²) in [5.41, 5.74) is 0.00215. The van der Waals surface area contributed by atoms with Crippen molar-refractivity contribution in [3.05, 3.63) is 32.8 Å². The molecule has 0 spiro atoms. The minimum atomic E-state index is -2.07. The molecule has 0 aliphatic heterocycles. The van der Waals surface area contributed by atoms with Gasteiger partial charge in [0.15, 0.2) is 5.75 Å². The smallest absolute Gasteiger partial charge is 0.323 e. The fourth-order valence-electron chi connectivity index (χ4n) is 1.18. The van der Waals surface area contributed by atoms with Gasteiger partial charge in [0.1, 0.15) is 0 Å². The van der Waals surface area contributed by atoms with Crippen molar-refractivity contribution >= 4 is 29.9 Å². The van der Waals surface area contributed by atoms with Gasteiger partial charge in [-0.2, -0.15) is 0 Å². The van der Waals surface area contributed by atoms with Crippen molar-refractivity contribution in [1.82, 2.24) is 0 Å². The van der Waals surface area contributed by atoms with Gasteiger partial charge in [-0.1, -0.05) is 26.8 Å². The molecule has 0 unspecified atom stereocenters. The number of hydrogen-bond acceptors (Lipinski definition) is 3. The largest absolute Gasteiger partial charge is 0.539 e. The molecule has 100 valence electrons. The minimum Gasteiger partial charge on any atom is -0.539 e. The Morgan fingerprint density at radius 2 is 1.89 bits per heavy atom. The first-order valence-corrected chi connectivity index (χ1v) is 9.38. The van der Waals surface area contributed by atoms with Gasteiger partial charge in [-0.05, 0) is 46.2 Å². The second-order valence-electron chi connectivity index (χ2n) is 5.71. The molecule has 0 amide bonds. The predicted molar refractivity (Wildman–Crippen MR) is 78.6 cm³/mol. The predicted octanol–water partition coefficient (Wildman–Crippen LogP) is 4.74. The van der Waals surface area contributed by atoms with E-state index in [1.807, 2.05) is 0 Å². The van der Waals surface area contributed by atoms with E-state index in [2.05, 4.69) is 49.8 Å². The summed E-state index contributed by atoms with van der Waals surface area (Å²) in [6, 6.07) is 5.06. The standard InChI is InChI=1S/C12H18BrNO3Si/c1-12(2,3)18(4,5)17-10-8-6-7-9(13)11(10)14(15)16/h6-8H,1-5H3. The van der Waals surface area contributed by atoms with Crippen LogP contribution in [0, 0.1) is 10.1 Å². The summed E-state index contributed by atoms with van der Waals surface area (Å²) in [5, 5.41) is 11.1. The molecule has 1 aromatic carbocycles. The van der Waals surface area contributed by atoms with Gasteiger partial charge in [0.05, 0.1) is 9.40 Å². The average molecular weight is 332 g/mol. The second-order valence-corrected chi connectivity index (χ2v) is 11.3. The first-order valence-electron chi connectivity index (χ1n) is 5.68. The van der Waals surface area contributed by atoms with E-state index in [4.69, 9.17) is 4.43 Å². The van der Waals surface area contributed by atoms with E-state index in [0.29, 0.717) is 10.2 Å². The van der Waals surface area contributed by atoms with Gasteiger partial charge in [0.2, 0.25) is 0 Å². The summed E-state index contributed by atoms with van der Waals surface area (Å²) in [6.45, 7) is 10.4. The van der Waals surface area contributed by atoms with Crippen molar-refractivity contribution in [1.29, 1.82) is 0 Å². The van der Waals surface area contributed by atoms with Crippen LogP contribution in [0.25, 0.3) is 0 Å². The van der Waals surface area contributed by atoms with Gasteiger partial charge >= 0.3 is 5.69 Å². The molecular weight excluding hydrogens is 314 g/mol. The van der Waals surface area contributed by atoms with Crippen molar-refractivity contribution in [2.75, 3.05) is 0 Å². The zero-order valence-electron chi connectivity index (χ0n) is 11.3. The van der Waals surface area contributed by atoms with E-state index >= 15 is 0 Å². The van der Waals surface area contributed by atoms with Crippen LogP contribution in [0.5, 0.6) is 5.75 Å². The molecule has 1 aromatic rings. The molecule has 4 nitrogen and oxygen atoms in total. The van der Waals surface area contributed by atoms with E-state index in [1.54, 1.807) is 18.2 Å². The Morgan fingerprint density at radius 3 is 2.33 bits per heavy atom. The molecule has 0 aliphatic rings. The highest BCUT2D eigenvalue weighted by Gasteiger charge is 2.40. The molecule has 0 aromatic heterocycles. The Hall–Kier alpha value is -0.883. The van der Waals surface area contributed by atoms with Gasteiger partial charge in [-0.15, -0.1) is 0 Å². The third-order valence-corrected chi connectivity index (χ3v) is 8.29. The van der Waals surface area contributed by atoms with Crippen LogP contribution < -0.4 is 4.43 Å². The number of halogens is 1. The van der Waals surface area contributed by atoms with E-state index in [-0.39, 0.29) is 10.7 Å². The number of benzene rings is 1. The fourth-order valence-corrected chi connectivity index (χ4v) is 2.70. The van der Waals surface area contributed by atoms with Crippen LogP contribution >= 0.6 is 15.9 Å². The molecule has 0 heterocycles. The molecule has 0 N–H and O–H groups in total. The number of rotatable bonds is 3. The third kappa shape index (κ3) is 3.11. The Bertz CT molecular complexity index is 469. The van der Waals surface area contributed by atoms with Crippen molar-refractivity contribution in [3.63, 3.8) is 0 Å². The Labute approximate surface area is 117 Å². The van der Waals surface area contributed by atoms with Crippen LogP contribution in [-0.2, 0) is 0 Å². The van der Waals surface area contributed by atoms with Gasteiger partial charge in [-0.3, -0.25) is 10.1 Å². The number of nitro benzene ring substituents is 1. The zero-order chi connectivity index (χ0) is 14.1. The maximum Gasteiger partial charge on any atom is 0.323 e. The molecule has 0 saturated carbocycles. The quantitative estimate of drug-likeness (QED) is 0.456. The van der Waals surface area contributed by atoms with Gasteiger partial charge in [0.25, 0.3) is 8.32 Å². The Balaban J connectivity index is 3.21. The van der Waals surface area contributed by atoms with Crippen LogP contribution in [0.2, 0.25) is 18.1 Å². The van der Waals surface area contributed by atoms with Crippen molar-refractivity contribution in [2.24, 2.45) is 0 Å². The summed E-state index contributed by atoms with van der Waals surface area (Å²) in [7, 11) is -2.07. The molecule has 6 heteroatoms. The Morgan fingerprint density at radius 1 is 1.33 bits per heavy atom. The summed E-state index contributed by atoms with van der Waals surface area (Å²) in [5.74, 6) is 0.348. The van der Waals surface area contributed by atoms with E-state index in [9.17, 15) is 10.1 Å². The average Bonchev–Trinajstić information content (AvgIpc) is 2.14. The highest BCUT2D eigenvalue weighted by Crippen LogP contribution is 2.41. The van der Waals surface area contributed by atoms with E-state index in [1.165, 1.54) is 0 Å². The molecule has 0 atom stereocenters. The topological polar surface area (TPSA) is 52.4 Å². The summed E-state index contributed by atoms with van der Waals surface area (Å²) in [4.78, 5) is 10.7. The summed E-state index contributed by atoms with van der Waals surface area (Å²) < 4.78 is 6.45. The lowest BCUT2D eigenvalue weighted by molar-refractivity contribution is -0.386. The minimum absolute atomic E-state index is 0.00215. The molecule has 0 aliphatic carbocycles. The molecule has 0 bridgehead atoms. The number of para-hydroxylation sites is 1. The molecule has 0 saturated heterocycles. The van der Waals surface area contributed by atoms with Crippen LogP contribution in [0.4, 0.5) is 5.69 Å². The van der Waals surface area contributed by atoms with Gasteiger partial charge in [0, 0.05) is 0 Å². The SMILES string of the molecule is CC(C)(C)[Si](C)(C)Oc1cccc(Br)c1[N+](=O)[O-]. The van der Waals surface area contributed by atoms with Crippen LogP contribution in [-0.4, -0.2) is 13.2 Å². The highest BCUT2D eigenvalue weighted by atomic mass is 79.9.